The number of carbonyl (C=O) groups excluding carboxylic acids is 5. The van der Waals surface area contributed by atoms with Gasteiger partial charge in [-0.1, -0.05) is 74.5 Å². The number of amides is 4. The molecule has 0 aliphatic rings. The van der Waals surface area contributed by atoms with Crippen LogP contribution in [0, 0.1) is 19.8 Å². The Balaban J connectivity index is 1.19. The average molecular weight is 773 g/mol. The lowest BCUT2D eigenvalue weighted by Gasteiger charge is -2.20. The maximum atomic E-state index is 14.0. The molecule has 294 valence electrons. The van der Waals surface area contributed by atoms with E-state index in [-0.39, 0.29) is 30.3 Å². The number of rotatable bonds is 14. The minimum atomic E-state index is -0.977. The van der Waals surface area contributed by atoms with E-state index in [1.165, 1.54) is 11.5 Å². The maximum Gasteiger partial charge on any atom is 0.412 e. The molecule has 57 heavy (non-hydrogen) atoms. The summed E-state index contributed by atoms with van der Waals surface area (Å²) in [5.74, 6) is -2.18. The molecule has 0 bridgehead atoms. The van der Waals surface area contributed by atoms with E-state index < -0.39 is 41.9 Å². The number of aryl methyl sites for hydroxylation is 2. The van der Waals surface area contributed by atoms with Crippen LogP contribution in [0.25, 0.3) is 11.3 Å². The lowest BCUT2D eigenvalue weighted by Crippen LogP contribution is -2.45. The summed E-state index contributed by atoms with van der Waals surface area (Å²) in [4.78, 5) is 76.1. The Morgan fingerprint density at radius 3 is 1.70 bits per heavy atom. The predicted molar refractivity (Wildman–Crippen MR) is 213 cm³/mol. The summed E-state index contributed by atoms with van der Waals surface area (Å²) in [5, 5.41) is 11.3. The fourth-order valence-corrected chi connectivity index (χ4v) is 6.53. The molecule has 2 atom stereocenters. The molecule has 2 aromatic carbocycles. The highest BCUT2D eigenvalue weighted by atomic mass is 16.5. The molecule has 4 aromatic heterocycles. The number of carbonyl (C=O) groups is 5. The highest BCUT2D eigenvalue weighted by molar-refractivity contribution is 6.04. The van der Waals surface area contributed by atoms with Crippen LogP contribution in [-0.2, 0) is 32.1 Å². The van der Waals surface area contributed by atoms with E-state index in [0.717, 1.165) is 11.1 Å². The van der Waals surface area contributed by atoms with Crippen molar-refractivity contribution in [2.45, 2.75) is 59.2 Å². The standard InChI is InChI=1S/C42H44N8O7/c1-25(2)22-32(46-39(52)34-26(3)44-37-31(19-13-21-50(34)37)48-42(55)57-24-29-16-10-7-11-17-29)38(51)45-30-18-12-20-49-35(27(4)43-36(30)49)40(53)47-33(41(54)56-5)23-28-14-8-6-9-15-28/h6-21,25,32-33H,22-24H2,1-5H3,(H,45,51)(H,46,52)(H,47,53)(H,48,55)/t32-,33+/m0/s1. The minimum Gasteiger partial charge on any atom is -0.467 e. The monoisotopic (exact) mass is 772 g/mol. The van der Waals surface area contributed by atoms with Gasteiger partial charge >= 0.3 is 12.1 Å². The third-order valence-electron chi connectivity index (χ3n) is 9.19. The summed E-state index contributed by atoms with van der Waals surface area (Å²) in [5.41, 5.74) is 4.03. The first-order chi connectivity index (χ1) is 27.4. The summed E-state index contributed by atoms with van der Waals surface area (Å²) in [6.07, 6.45) is 3.11. The van der Waals surface area contributed by atoms with Crippen LogP contribution in [0.4, 0.5) is 16.2 Å². The van der Waals surface area contributed by atoms with Crippen molar-refractivity contribution >= 4 is 52.5 Å². The Bertz CT molecular complexity index is 2430. The van der Waals surface area contributed by atoms with E-state index in [9.17, 15) is 24.0 Å². The average Bonchev–Trinajstić information content (AvgIpc) is 3.73. The first kappa shape index (κ1) is 39.7. The Hall–Kier alpha value is -7.03. The molecule has 0 aliphatic carbocycles. The fraction of sp³-hybridized carbons (Fsp3) is 0.262. The molecule has 4 heterocycles. The van der Waals surface area contributed by atoms with Gasteiger partial charge in [0.25, 0.3) is 11.8 Å². The van der Waals surface area contributed by atoms with E-state index in [1.807, 2.05) is 74.5 Å². The van der Waals surface area contributed by atoms with Crippen LogP contribution in [-0.4, -0.2) is 67.7 Å². The maximum absolute atomic E-state index is 14.0. The zero-order valence-electron chi connectivity index (χ0n) is 32.2. The molecule has 0 saturated carbocycles. The van der Waals surface area contributed by atoms with Crippen molar-refractivity contribution in [1.29, 1.82) is 0 Å². The zero-order valence-corrected chi connectivity index (χ0v) is 32.2. The summed E-state index contributed by atoms with van der Waals surface area (Å²) in [6, 6.07) is 23.2. The molecule has 6 rings (SSSR count). The molecule has 0 unspecified atom stereocenters. The lowest BCUT2D eigenvalue weighted by molar-refractivity contribution is -0.142. The van der Waals surface area contributed by atoms with Crippen LogP contribution >= 0.6 is 0 Å². The van der Waals surface area contributed by atoms with E-state index in [0.29, 0.717) is 40.5 Å². The van der Waals surface area contributed by atoms with Crippen molar-refractivity contribution < 1.29 is 33.4 Å². The largest absolute Gasteiger partial charge is 0.467 e. The van der Waals surface area contributed by atoms with Gasteiger partial charge in [-0.15, -0.1) is 0 Å². The molecule has 0 fully saturated rings. The summed E-state index contributed by atoms with van der Waals surface area (Å²) in [6.45, 7) is 7.27. The topological polar surface area (TPSA) is 187 Å². The Labute approximate surface area is 328 Å². The van der Waals surface area contributed by atoms with Crippen LogP contribution in [0.2, 0.25) is 0 Å². The van der Waals surface area contributed by atoms with E-state index in [4.69, 9.17) is 9.47 Å². The fourth-order valence-electron chi connectivity index (χ4n) is 6.53. The summed E-state index contributed by atoms with van der Waals surface area (Å²) >= 11 is 0. The first-order valence-electron chi connectivity index (χ1n) is 18.4. The van der Waals surface area contributed by atoms with Crippen molar-refractivity contribution in [2.24, 2.45) is 5.92 Å². The van der Waals surface area contributed by atoms with Gasteiger partial charge in [0.15, 0.2) is 11.3 Å². The third kappa shape index (κ3) is 9.27. The zero-order chi connectivity index (χ0) is 40.6. The van der Waals surface area contributed by atoms with Crippen molar-refractivity contribution in [2.75, 3.05) is 17.7 Å². The number of aromatic nitrogens is 4. The molecule has 0 spiro atoms. The van der Waals surface area contributed by atoms with Gasteiger partial charge in [0.05, 0.1) is 29.9 Å². The third-order valence-corrected chi connectivity index (χ3v) is 9.19. The van der Waals surface area contributed by atoms with E-state index in [1.54, 1.807) is 54.9 Å². The highest BCUT2D eigenvalue weighted by Crippen LogP contribution is 2.23. The molecule has 0 saturated heterocycles. The Kier molecular flexibility index (Phi) is 12.3. The van der Waals surface area contributed by atoms with Gasteiger partial charge in [0, 0.05) is 18.8 Å². The number of methoxy groups -OCH3 is 1. The molecular formula is C42H44N8O7. The summed E-state index contributed by atoms with van der Waals surface area (Å²) in [7, 11) is 1.26. The predicted octanol–water partition coefficient (Wildman–Crippen LogP) is 5.64. The van der Waals surface area contributed by atoms with Crippen LogP contribution in [0.1, 0.15) is 63.8 Å². The number of hydrogen-bond donors (Lipinski definition) is 4. The number of pyridine rings is 2. The second-order valence-electron chi connectivity index (χ2n) is 13.9. The number of nitrogens with zero attached hydrogens (tertiary/aromatic N) is 4. The van der Waals surface area contributed by atoms with Gasteiger partial charge in [-0.2, -0.15) is 0 Å². The number of imidazole rings is 2. The molecule has 0 radical (unpaired) electrons. The van der Waals surface area contributed by atoms with Crippen molar-refractivity contribution in [3.05, 3.63) is 131 Å². The van der Waals surface area contributed by atoms with Crippen LogP contribution in [0.5, 0.6) is 0 Å². The first-order valence-corrected chi connectivity index (χ1v) is 18.4. The second-order valence-corrected chi connectivity index (χ2v) is 13.9. The Morgan fingerprint density at radius 1 is 0.667 bits per heavy atom. The van der Waals surface area contributed by atoms with Gasteiger partial charge in [0.2, 0.25) is 5.91 Å². The smallest absolute Gasteiger partial charge is 0.412 e. The number of benzene rings is 2. The van der Waals surface area contributed by atoms with Gasteiger partial charge in [-0.3, -0.25) is 28.5 Å². The SMILES string of the molecule is COC(=O)[C@@H](Cc1ccccc1)NC(=O)c1c(C)nc2c(NC(=O)[C@H](CC(C)C)NC(=O)c3c(C)nc4c(NC(=O)OCc5ccccc5)cccn34)cccn12. The van der Waals surface area contributed by atoms with E-state index in [2.05, 4.69) is 31.2 Å². The summed E-state index contributed by atoms with van der Waals surface area (Å²) < 4.78 is 13.4. The van der Waals surface area contributed by atoms with Gasteiger partial charge in [-0.25, -0.2) is 19.6 Å². The van der Waals surface area contributed by atoms with Crippen molar-refractivity contribution in [3.63, 3.8) is 0 Å². The van der Waals surface area contributed by atoms with Gasteiger partial charge in [-0.05, 0) is 61.6 Å². The van der Waals surface area contributed by atoms with Crippen molar-refractivity contribution in [1.82, 2.24) is 29.4 Å². The highest BCUT2D eigenvalue weighted by Gasteiger charge is 2.29. The van der Waals surface area contributed by atoms with Gasteiger partial charge < -0.3 is 25.4 Å². The number of nitrogens with one attached hydrogen (secondary N) is 4. The molecule has 15 nitrogen and oxygen atoms in total. The molecule has 6 aromatic rings. The minimum absolute atomic E-state index is 0.0143. The van der Waals surface area contributed by atoms with E-state index >= 15 is 0 Å². The Morgan fingerprint density at radius 2 is 1.18 bits per heavy atom. The van der Waals surface area contributed by atoms with Crippen LogP contribution in [0.15, 0.2) is 97.3 Å². The number of esters is 1. The number of hydrogen-bond acceptors (Lipinski definition) is 9. The normalized spacial score (nSPS) is 12.2. The molecule has 0 aliphatic heterocycles. The number of anilines is 2. The van der Waals surface area contributed by atoms with Crippen LogP contribution in [0.3, 0.4) is 0 Å². The second kappa shape index (κ2) is 17.6. The molecular weight excluding hydrogens is 729 g/mol. The number of fused-ring (bicyclic) bond motifs is 2. The van der Waals surface area contributed by atoms with Crippen molar-refractivity contribution in [3.8, 4) is 0 Å². The molecule has 4 N–H and O–H groups in total. The quantitative estimate of drug-likeness (QED) is 0.102. The van der Waals surface area contributed by atoms with Gasteiger partial charge in [0.1, 0.15) is 30.1 Å². The molecule has 4 amide bonds. The lowest BCUT2D eigenvalue weighted by atomic mass is 10.0. The molecule has 15 heteroatoms. The number of ether oxygens (including phenoxy) is 2. The van der Waals surface area contributed by atoms with Crippen LogP contribution < -0.4 is 21.3 Å².